The number of Topliss-reactive ketones (excluding diaryl/α,β-unsaturated/α-hetero) is 1. The molecule has 2 aromatic carbocycles. The summed E-state index contributed by atoms with van der Waals surface area (Å²) in [7, 11) is 1.66. The molecule has 5 rings (SSSR count). The number of carbonyl (C=O) groups excluding carboxylic acids is 1. The highest BCUT2D eigenvalue weighted by atomic mass is 19.1. The third kappa shape index (κ3) is 3.60. The summed E-state index contributed by atoms with van der Waals surface area (Å²) in [4.78, 5) is 15.0. The highest BCUT2D eigenvalue weighted by molar-refractivity contribution is 5.98. The second-order valence-electron chi connectivity index (χ2n) is 8.50. The predicted molar refractivity (Wildman–Crippen MR) is 112 cm³/mol. The lowest BCUT2D eigenvalue weighted by Gasteiger charge is -2.35. The van der Waals surface area contributed by atoms with Crippen molar-refractivity contribution in [2.45, 2.75) is 31.6 Å². The summed E-state index contributed by atoms with van der Waals surface area (Å²) in [6.45, 7) is 2.87. The molecule has 0 saturated carbocycles. The largest absolute Gasteiger partial charge is 0.497 e. The first-order chi connectivity index (χ1) is 14.6. The summed E-state index contributed by atoms with van der Waals surface area (Å²) in [5.74, 6) is 1.40. The van der Waals surface area contributed by atoms with Gasteiger partial charge in [-0.2, -0.15) is 0 Å². The van der Waals surface area contributed by atoms with Gasteiger partial charge in [0.1, 0.15) is 11.6 Å². The van der Waals surface area contributed by atoms with Crippen LogP contribution in [0.2, 0.25) is 0 Å². The van der Waals surface area contributed by atoms with E-state index in [2.05, 4.69) is 10.1 Å². The van der Waals surface area contributed by atoms with Crippen molar-refractivity contribution < 1.29 is 18.4 Å². The SMILES string of the molecule is COc1ccc2c(c1)C[C@@H](CN1CCC(c3noc4cc(F)ccc34)CC1)CC2=O. The lowest BCUT2D eigenvalue weighted by molar-refractivity contribution is 0.0921. The molecule has 0 spiro atoms. The predicted octanol–water partition coefficient (Wildman–Crippen LogP) is 4.60. The third-order valence-electron chi connectivity index (χ3n) is 6.55. The van der Waals surface area contributed by atoms with Crippen LogP contribution in [-0.2, 0) is 6.42 Å². The average molecular weight is 408 g/mol. The first-order valence-electron chi connectivity index (χ1n) is 10.6. The van der Waals surface area contributed by atoms with Gasteiger partial charge in [0.2, 0.25) is 0 Å². The molecule has 0 N–H and O–H groups in total. The van der Waals surface area contributed by atoms with E-state index in [0.29, 0.717) is 23.8 Å². The van der Waals surface area contributed by atoms with Crippen LogP contribution in [0, 0.1) is 11.7 Å². The Bertz CT molecular complexity index is 1090. The standard InChI is InChI=1S/C24H25FN2O3/c1-29-19-3-5-20-17(12-19)10-15(11-22(20)28)14-27-8-6-16(7-9-27)24-21-4-2-18(25)13-23(21)30-26-24/h2-5,12-13,15-16H,6-11,14H2,1H3/t15-/m1/s1. The molecular formula is C24H25FN2O3. The van der Waals surface area contributed by atoms with E-state index in [1.807, 2.05) is 18.2 Å². The number of ketones is 1. The summed E-state index contributed by atoms with van der Waals surface area (Å²) < 4.78 is 24.1. The third-order valence-corrected chi connectivity index (χ3v) is 6.55. The van der Waals surface area contributed by atoms with Gasteiger partial charge in [0.15, 0.2) is 11.4 Å². The molecule has 1 aliphatic heterocycles. The minimum atomic E-state index is -0.304. The normalized spacial score (nSPS) is 20.5. The number of benzene rings is 2. The Morgan fingerprint density at radius 3 is 2.80 bits per heavy atom. The van der Waals surface area contributed by atoms with Crippen LogP contribution in [-0.4, -0.2) is 42.6 Å². The molecule has 3 aromatic rings. The van der Waals surface area contributed by atoms with Crippen molar-refractivity contribution in [3.8, 4) is 5.75 Å². The van der Waals surface area contributed by atoms with Crippen molar-refractivity contribution in [3.63, 3.8) is 0 Å². The number of rotatable bonds is 4. The number of ether oxygens (including phenoxy) is 1. The number of fused-ring (bicyclic) bond motifs is 2. The van der Waals surface area contributed by atoms with Gasteiger partial charge in [-0.25, -0.2) is 4.39 Å². The molecule has 1 fully saturated rings. The Kier molecular flexibility index (Phi) is 5.03. The van der Waals surface area contributed by atoms with Gasteiger partial charge in [-0.1, -0.05) is 5.16 Å². The van der Waals surface area contributed by atoms with Gasteiger partial charge >= 0.3 is 0 Å². The van der Waals surface area contributed by atoms with Crippen molar-refractivity contribution in [2.24, 2.45) is 5.92 Å². The van der Waals surface area contributed by atoms with E-state index in [1.54, 1.807) is 13.2 Å². The van der Waals surface area contributed by atoms with Crippen LogP contribution in [0.15, 0.2) is 40.9 Å². The Morgan fingerprint density at radius 2 is 2.00 bits per heavy atom. The monoisotopic (exact) mass is 408 g/mol. The fourth-order valence-electron chi connectivity index (χ4n) is 5.00. The van der Waals surface area contributed by atoms with Crippen molar-refractivity contribution in [2.75, 3.05) is 26.7 Å². The zero-order chi connectivity index (χ0) is 20.7. The molecule has 0 bridgehead atoms. The van der Waals surface area contributed by atoms with Crippen molar-refractivity contribution in [1.82, 2.24) is 10.1 Å². The first kappa shape index (κ1) is 19.2. The van der Waals surface area contributed by atoms with Crippen LogP contribution in [0.4, 0.5) is 4.39 Å². The summed E-state index contributed by atoms with van der Waals surface area (Å²) in [5, 5.41) is 5.15. The molecule has 0 unspecified atom stereocenters. The Balaban J connectivity index is 1.22. The lowest BCUT2D eigenvalue weighted by Crippen LogP contribution is -2.38. The van der Waals surface area contributed by atoms with Crippen molar-refractivity contribution in [1.29, 1.82) is 0 Å². The van der Waals surface area contributed by atoms with Crippen molar-refractivity contribution >= 4 is 16.8 Å². The van der Waals surface area contributed by atoms with E-state index in [1.165, 1.54) is 12.1 Å². The maximum atomic E-state index is 13.4. The Morgan fingerprint density at radius 1 is 1.17 bits per heavy atom. The van der Waals surface area contributed by atoms with Gasteiger partial charge < -0.3 is 14.2 Å². The van der Waals surface area contributed by atoms with Gasteiger partial charge in [0, 0.05) is 35.9 Å². The molecule has 1 saturated heterocycles. The Hall–Kier alpha value is -2.73. The molecule has 6 heteroatoms. The number of likely N-dealkylation sites (tertiary alicyclic amines) is 1. The maximum absolute atomic E-state index is 13.4. The number of carbonyl (C=O) groups is 1. The maximum Gasteiger partial charge on any atom is 0.170 e. The highest BCUT2D eigenvalue weighted by Gasteiger charge is 2.30. The second kappa shape index (κ2) is 7.84. The first-order valence-corrected chi connectivity index (χ1v) is 10.6. The fraction of sp³-hybridized carbons (Fsp3) is 0.417. The average Bonchev–Trinajstić information content (AvgIpc) is 3.17. The minimum absolute atomic E-state index is 0.236. The molecule has 0 radical (unpaired) electrons. The summed E-state index contributed by atoms with van der Waals surface area (Å²) in [6, 6.07) is 10.4. The second-order valence-corrected chi connectivity index (χ2v) is 8.50. The van der Waals surface area contributed by atoms with E-state index < -0.39 is 0 Å². The van der Waals surface area contributed by atoms with E-state index in [-0.39, 0.29) is 11.6 Å². The summed E-state index contributed by atoms with van der Waals surface area (Å²) >= 11 is 0. The molecule has 5 nitrogen and oxygen atoms in total. The van der Waals surface area contributed by atoms with Crippen LogP contribution in [0.3, 0.4) is 0 Å². The summed E-state index contributed by atoms with van der Waals surface area (Å²) in [5.41, 5.74) is 3.41. The number of methoxy groups -OCH3 is 1. The molecule has 2 aliphatic rings. The molecular weight excluding hydrogens is 383 g/mol. The van der Waals surface area contributed by atoms with Crippen LogP contribution >= 0.6 is 0 Å². The van der Waals surface area contributed by atoms with E-state index in [9.17, 15) is 9.18 Å². The molecule has 0 amide bonds. The molecule has 1 aliphatic carbocycles. The Labute approximate surface area is 174 Å². The molecule has 2 heterocycles. The number of nitrogens with zero attached hydrogens (tertiary/aromatic N) is 2. The van der Waals surface area contributed by atoms with Gasteiger partial charge in [-0.15, -0.1) is 0 Å². The molecule has 156 valence electrons. The quantitative estimate of drug-likeness (QED) is 0.632. The van der Waals surface area contributed by atoms with E-state index in [0.717, 1.165) is 66.9 Å². The number of hydrogen-bond acceptors (Lipinski definition) is 5. The lowest BCUT2D eigenvalue weighted by atomic mass is 9.82. The fourth-order valence-corrected chi connectivity index (χ4v) is 5.00. The molecule has 1 atom stereocenters. The topological polar surface area (TPSA) is 55.6 Å². The smallest absolute Gasteiger partial charge is 0.170 e. The molecule has 30 heavy (non-hydrogen) atoms. The number of piperidine rings is 1. The van der Waals surface area contributed by atoms with E-state index >= 15 is 0 Å². The van der Waals surface area contributed by atoms with Gasteiger partial charge in [-0.05, 0) is 74.2 Å². The highest BCUT2D eigenvalue weighted by Crippen LogP contribution is 2.34. The van der Waals surface area contributed by atoms with Gasteiger partial charge in [0.05, 0.1) is 12.8 Å². The van der Waals surface area contributed by atoms with Crippen molar-refractivity contribution in [3.05, 3.63) is 59.0 Å². The van der Waals surface area contributed by atoms with Crippen LogP contribution in [0.5, 0.6) is 5.75 Å². The van der Waals surface area contributed by atoms with Gasteiger partial charge in [-0.3, -0.25) is 4.79 Å². The number of hydrogen-bond donors (Lipinski definition) is 0. The minimum Gasteiger partial charge on any atom is -0.497 e. The number of aromatic nitrogens is 1. The van der Waals surface area contributed by atoms with Crippen LogP contribution < -0.4 is 4.74 Å². The van der Waals surface area contributed by atoms with Crippen LogP contribution in [0.1, 0.15) is 46.8 Å². The van der Waals surface area contributed by atoms with Gasteiger partial charge in [0.25, 0.3) is 0 Å². The zero-order valence-corrected chi connectivity index (χ0v) is 17.1. The van der Waals surface area contributed by atoms with Crippen LogP contribution in [0.25, 0.3) is 11.0 Å². The zero-order valence-electron chi connectivity index (χ0n) is 17.1. The molecule has 1 aromatic heterocycles. The number of halogens is 1. The van der Waals surface area contributed by atoms with E-state index in [4.69, 9.17) is 9.26 Å². The summed E-state index contributed by atoms with van der Waals surface area (Å²) in [6.07, 6.45) is 3.50.